The summed E-state index contributed by atoms with van der Waals surface area (Å²) in [7, 11) is -4.34. The highest BCUT2D eigenvalue weighted by molar-refractivity contribution is 7.92. The molecule has 2 aromatic carbocycles. The zero-order valence-electron chi connectivity index (χ0n) is 11.3. The van der Waals surface area contributed by atoms with Crippen molar-refractivity contribution < 1.29 is 31.5 Å². The monoisotopic (exact) mass is 346 g/mol. The standard InChI is InChI=1S/C13H9F3N2O4S/c14-11-8-3-7(13(15)16)2-1-6(8)4-9(19)12(11)18-5-10(20)17-23(18,21)22/h1-4,13,19H,5H2,(H,17,20). The molecule has 0 bridgehead atoms. The number of halogens is 3. The lowest BCUT2D eigenvalue weighted by molar-refractivity contribution is -0.117. The van der Waals surface area contributed by atoms with Gasteiger partial charge in [-0.15, -0.1) is 0 Å². The molecule has 1 saturated heterocycles. The van der Waals surface area contributed by atoms with E-state index in [2.05, 4.69) is 0 Å². The second-order valence-corrected chi connectivity index (χ2v) is 6.47. The zero-order valence-corrected chi connectivity index (χ0v) is 12.1. The zero-order chi connectivity index (χ0) is 16.9. The fourth-order valence-corrected chi connectivity index (χ4v) is 3.53. The minimum atomic E-state index is -4.34. The Morgan fingerprint density at radius 2 is 1.96 bits per heavy atom. The molecule has 0 radical (unpaired) electrons. The van der Waals surface area contributed by atoms with Crippen LogP contribution in [0.1, 0.15) is 12.0 Å². The summed E-state index contributed by atoms with van der Waals surface area (Å²) in [4.78, 5) is 11.2. The third-order valence-corrected chi connectivity index (χ3v) is 4.76. The van der Waals surface area contributed by atoms with Crippen LogP contribution in [0.4, 0.5) is 18.9 Å². The smallest absolute Gasteiger partial charge is 0.326 e. The summed E-state index contributed by atoms with van der Waals surface area (Å²) in [6.07, 6.45) is -2.84. The summed E-state index contributed by atoms with van der Waals surface area (Å²) in [5.74, 6) is -2.83. The number of phenols is 1. The van der Waals surface area contributed by atoms with Gasteiger partial charge in [0.2, 0.25) is 0 Å². The van der Waals surface area contributed by atoms with E-state index in [0.29, 0.717) is 4.31 Å². The molecule has 0 atom stereocenters. The van der Waals surface area contributed by atoms with Crippen LogP contribution in [-0.2, 0) is 15.0 Å². The number of benzene rings is 2. The van der Waals surface area contributed by atoms with Gasteiger partial charge in [-0.25, -0.2) is 22.2 Å². The summed E-state index contributed by atoms with van der Waals surface area (Å²) in [6.45, 7) is -0.715. The molecule has 0 aromatic heterocycles. The van der Waals surface area contributed by atoms with Gasteiger partial charge in [-0.05, 0) is 17.5 Å². The van der Waals surface area contributed by atoms with Crippen molar-refractivity contribution in [2.24, 2.45) is 0 Å². The van der Waals surface area contributed by atoms with Crippen LogP contribution in [0.5, 0.6) is 5.75 Å². The van der Waals surface area contributed by atoms with Crippen LogP contribution in [0.2, 0.25) is 0 Å². The largest absolute Gasteiger partial charge is 0.506 e. The molecule has 1 amide bonds. The Hall–Kier alpha value is -2.49. The number of alkyl halides is 2. The van der Waals surface area contributed by atoms with Gasteiger partial charge in [0.05, 0.1) is 0 Å². The van der Waals surface area contributed by atoms with Gasteiger partial charge in [-0.1, -0.05) is 12.1 Å². The van der Waals surface area contributed by atoms with E-state index in [9.17, 15) is 31.5 Å². The van der Waals surface area contributed by atoms with Gasteiger partial charge in [-0.2, -0.15) is 8.42 Å². The number of carbonyl (C=O) groups is 1. The van der Waals surface area contributed by atoms with E-state index in [1.165, 1.54) is 6.07 Å². The number of hydrogen-bond donors (Lipinski definition) is 2. The summed E-state index contributed by atoms with van der Waals surface area (Å²) < 4.78 is 65.7. The molecule has 1 fully saturated rings. The predicted molar refractivity (Wildman–Crippen MR) is 74.9 cm³/mol. The number of carbonyl (C=O) groups excluding carboxylic acids is 1. The van der Waals surface area contributed by atoms with E-state index in [0.717, 1.165) is 18.2 Å². The van der Waals surface area contributed by atoms with Crippen molar-refractivity contribution in [3.8, 4) is 5.75 Å². The first-order valence-electron chi connectivity index (χ1n) is 6.27. The lowest BCUT2D eigenvalue weighted by atomic mass is 10.0. The van der Waals surface area contributed by atoms with Crippen LogP contribution in [-0.4, -0.2) is 26.0 Å². The molecule has 0 spiro atoms. The minimum Gasteiger partial charge on any atom is -0.506 e. The average Bonchev–Trinajstić information content (AvgIpc) is 2.71. The van der Waals surface area contributed by atoms with Gasteiger partial charge < -0.3 is 5.11 Å². The number of amides is 1. The van der Waals surface area contributed by atoms with Crippen molar-refractivity contribution in [2.75, 3.05) is 10.8 Å². The third kappa shape index (κ3) is 2.44. The van der Waals surface area contributed by atoms with Gasteiger partial charge in [0, 0.05) is 10.9 Å². The Bertz CT molecular complexity index is 930. The van der Waals surface area contributed by atoms with Gasteiger partial charge in [0.25, 0.3) is 12.3 Å². The van der Waals surface area contributed by atoms with Crippen LogP contribution in [0.25, 0.3) is 10.8 Å². The Balaban J connectivity index is 2.27. The second-order valence-electron chi connectivity index (χ2n) is 4.88. The Morgan fingerprint density at radius 3 is 2.52 bits per heavy atom. The van der Waals surface area contributed by atoms with Gasteiger partial charge in [-0.3, -0.25) is 4.79 Å². The van der Waals surface area contributed by atoms with E-state index in [-0.39, 0.29) is 10.8 Å². The summed E-state index contributed by atoms with van der Waals surface area (Å²) in [5, 5.41) is 9.74. The van der Waals surface area contributed by atoms with Crippen LogP contribution >= 0.6 is 0 Å². The van der Waals surface area contributed by atoms with Crippen molar-refractivity contribution >= 4 is 32.6 Å². The van der Waals surface area contributed by atoms with Crippen LogP contribution in [0, 0.1) is 5.82 Å². The van der Waals surface area contributed by atoms with Crippen LogP contribution in [0.15, 0.2) is 24.3 Å². The molecule has 0 saturated carbocycles. The molecule has 3 rings (SSSR count). The number of rotatable bonds is 2. The number of phenolic OH excluding ortho intramolecular Hbond substituents is 1. The van der Waals surface area contributed by atoms with E-state index in [1.54, 1.807) is 4.72 Å². The molecule has 0 unspecified atom stereocenters. The molecule has 1 heterocycles. The number of aromatic hydroxyl groups is 1. The van der Waals surface area contributed by atoms with Crippen molar-refractivity contribution in [1.29, 1.82) is 0 Å². The lowest BCUT2D eigenvalue weighted by Gasteiger charge is -2.18. The highest BCUT2D eigenvalue weighted by Gasteiger charge is 2.37. The maximum Gasteiger partial charge on any atom is 0.326 e. The maximum atomic E-state index is 14.6. The molecular weight excluding hydrogens is 337 g/mol. The Morgan fingerprint density at radius 1 is 1.26 bits per heavy atom. The van der Waals surface area contributed by atoms with Crippen LogP contribution in [0.3, 0.4) is 0 Å². The second kappa shape index (κ2) is 5.01. The maximum absolute atomic E-state index is 14.6. The van der Waals surface area contributed by atoms with Crippen molar-refractivity contribution in [3.63, 3.8) is 0 Å². The normalized spacial score (nSPS) is 17.0. The highest BCUT2D eigenvalue weighted by atomic mass is 32.2. The van der Waals surface area contributed by atoms with E-state index in [1.807, 2.05) is 0 Å². The Kier molecular flexibility index (Phi) is 3.36. The summed E-state index contributed by atoms with van der Waals surface area (Å²) in [5.41, 5.74) is -1.21. The molecule has 2 N–H and O–H groups in total. The fourth-order valence-electron chi connectivity index (χ4n) is 2.36. The third-order valence-electron chi connectivity index (χ3n) is 3.38. The predicted octanol–water partition coefficient (Wildman–Crippen LogP) is 1.80. The van der Waals surface area contributed by atoms with Gasteiger partial charge in [0.15, 0.2) is 5.82 Å². The lowest BCUT2D eigenvalue weighted by Crippen LogP contribution is -2.30. The molecule has 6 nitrogen and oxygen atoms in total. The first-order valence-corrected chi connectivity index (χ1v) is 7.71. The number of hydrogen-bond acceptors (Lipinski definition) is 4. The first kappa shape index (κ1) is 15.4. The van der Waals surface area contributed by atoms with Crippen molar-refractivity contribution in [2.45, 2.75) is 6.43 Å². The first-order chi connectivity index (χ1) is 10.7. The highest BCUT2D eigenvalue weighted by Crippen LogP contribution is 2.39. The fraction of sp³-hybridized carbons (Fsp3) is 0.154. The quantitative estimate of drug-likeness (QED) is 0.868. The molecule has 23 heavy (non-hydrogen) atoms. The van der Waals surface area contributed by atoms with E-state index < -0.39 is 51.9 Å². The van der Waals surface area contributed by atoms with Gasteiger partial charge in [0.1, 0.15) is 18.0 Å². The summed E-state index contributed by atoms with van der Waals surface area (Å²) in [6, 6.07) is 4.17. The average molecular weight is 346 g/mol. The number of fused-ring (bicyclic) bond motifs is 1. The van der Waals surface area contributed by atoms with Crippen molar-refractivity contribution in [1.82, 2.24) is 4.72 Å². The topological polar surface area (TPSA) is 86.7 Å². The summed E-state index contributed by atoms with van der Waals surface area (Å²) >= 11 is 0. The van der Waals surface area contributed by atoms with E-state index >= 15 is 0 Å². The number of nitrogens with zero attached hydrogens (tertiary/aromatic N) is 1. The van der Waals surface area contributed by atoms with E-state index in [4.69, 9.17) is 0 Å². The molecule has 1 aliphatic heterocycles. The molecular formula is C13H9F3N2O4S. The van der Waals surface area contributed by atoms with Crippen LogP contribution < -0.4 is 9.03 Å². The molecule has 0 aliphatic carbocycles. The minimum absolute atomic E-state index is 0.115. The Labute approximate surface area is 128 Å². The molecule has 10 heteroatoms. The molecule has 122 valence electrons. The molecule has 2 aromatic rings. The number of nitrogens with one attached hydrogen (secondary N) is 1. The van der Waals surface area contributed by atoms with Gasteiger partial charge >= 0.3 is 10.2 Å². The van der Waals surface area contributed by atoms with Crippen molar-refractivity contribution in [3.05, 3.63) is 35.6 Å². The SMILES string of the molecule is O=C1CN(c2c(O)cc3ccc(C(F)F)cc3c2F)S(=O)(=O)N1. The molecule has 1 aliphatic rings. The number of anilines is 1.